The summed E-state index contributed by atoms with van der Waals surface area (Å²) in [6.45, 7) is 1.86. The summed E-state index contributed by atoms with van der Waals surface area (Å²) in [4.78, 5) is 12.1. The van der Waals surface area contributed by atoms with Gasteiger partial charge in [0.15, 0.2) is 0 Å². The molecule has 0 spiro atoms. The fraction of sp³-hybridized carbons (Fsp3) is 0.167. The van der Waals surface area contributed by atoms with E-state index in [9.17, 15) is 4.79 Å². The number of nitrogens with one attached hydrogen (secondary N) is 2. The normalized spacial score (nSPS) is 10.2. The number of aryl methyl sites for hydroxylation is 2. The van der Waals surface area contributed by atoms with E-state index in [1.54, 1.807) is 36.1 Å². The first-order valence-corrected chi connectivity index (χ1v) is 5.48. The molecule has 0 aliphatic carbocycles. The zero-order valence-electron chi connectivity index (χ0n) is 10.3. The maximum Gasteiger partial charge on any atom is 0.257 e. The van der Waals surface area contributed by atoms with Crippen LogP contribution in [-0.2, 0) is 7.05 Å². The van der Waals surface area contributed by atoms with Crippen molar-refractivity contribution in [2.45, 2.75) is 6.92 Å². The Bertz CT molecular complexity index is 576. The Morgan fingerprint density at radius 3 is 2.72 bits per heavy atom. The molecule has 18 heavy (non-hydrogen) atoms. The van der Waals surface area contributed by atoms with Crippen LogP contribution in [0.4, 0.5) is 11.5 Å². The number of aromatic nitrogens is 2. The molecule has 0 saturated heterocycles. The van der Waals surface area contributed by atoms with Crippen molar-refractivity contribution >= 4 is 17.4 Å². The molecule has 2 rings (SSSR count). The fourth-order valence-electron chi connectivity index (χ4n) is 1.69. The van der Waals surface area contributed by atoms with Crippen molar-refractivity contribution in [2.75, 3.05) is 10.7 Å². The van der Waals surface area contributed by atoms with E-state index in [2.05, 4.69) is 15.8 Å². The number of carbonyl (C=O) groups is 1. The number of hydrogen-bond donors (Lipinski definition) is 3. The molecule has 0 bridgehead atoms. The molecular formula is C12H15N5O. The van der Waals surface area contributed by atoms with Crippen molar-refractivity contribution in [3.05, 3.63) is 41.6 Å². The van der Waals surface area contributed by atoms with Crippen LogP contribution in [0.1, 0.15) is 15.9 Å². The lowest BCUT2D eigenvalue weighted by Crippen LogP contribution is -2.16. The molecule has 0 atom stereocenters. The summed E-state index contributed by atoms with van der Waals surface area (Å²) >= 11 is 0. The second-order valence-electron chi connectivity index (χ2n) is 3.97. The second-order valence-corrected chi connectivity index (χ2v) is 3.97. The predicted molar refractivity (Wildman–Crippen MR) is 70.2 cm³/mol. The molecule has 1 aromatic carbocycles. The first-order valence-electron chi connectivity index (χ1n) is 5.48. The van der Waals surface area contributed by atoms with E-state index in [0.717, 1.165) is 11.3 Å². The average molecular weight is 245 g/mol. The third-order valence-corrected chi connectivity index (χ3v) is 2.70. The summed E-state index contributed by atoms with van der Waals surface area (Å²) in [5, 5.41) is 6.78. The third kappa shape index (κ3) is 2.33. The van der Waals surface area contributed by atoms with Crippen molar-refractivity contribution in [2.24, 2.45) is 12.9 Å². The number of nitrogens with two attached hydrogens (primary N) is 1. The van der Waals surface area contributed by atoms with Crippen LogP contribution in [0.5, 0.6) is 0 Å². The molecule has 94 valence electrons. The van der Waals surface area contributed by atoms with Gasteiger partial charge in [0.1, 0.15) is 5.82 Å². The highest BCUT2D eigenvalue weighted by Gasteiger charge is 2.11. The van der Waals surface area contributed by atoms with Crippen LogP contribution in [-0.4, -0.2) is 15.7 Å². The minimum Gasteiger partial charge on any atom is -0.324 e. The van der Waals surface area contributed by atoms with Gasteiger partial charge >= 0.3 is 0 Å². The van der Waals surface area contributed by atoms with E-state index in [1.807, 2.05) is 13.0 Å². The number of nitrogen functional groups attached to an aromatic ring is 1. The van der Waals surface area contributed by atoms with E-state index in [0.29, 0.717) is 11.4 Å². The lowest BCUT2D eigenvalue weighted by atomic mass is 10.1. The molecule has 0 saturated carbocycles. The van der Waals surface area contributed by atoms with Crippen molar-refractivity contribution in [1.29, 1.82) is 0 Å². The molecule has 0 aliphatic heterocycles. The number of anilines is 2. The first-order chi connectivity index (χ1) is 8.61. The largest absolute Gasteiger partial charge is 0.324 e. The Hall–Kier alpha value is -2.34. The van der Waals surface area contributed by atoms with Gasteiger partial charge in [-0.25, -0.2) is 0 Å². The maximum absolute atomic E-state index is 12.1. The fourth-order valence-corrected chi connectivity index (χ4v) is 1.69. The molecule has 2 aromatic rings. The topological polar surface area (TPSA) is 85.0 Å². The van der Waals surface area contributed by atoms with E-state index >= 15 is 0 Å². The van der Waals surface area contributed by atoms with Crippen LogP contribution >= 0.6 is 0 Å². The van der Waals surface area contributed by atoms with Gasteiger partial charge in [0.2, 0.25) is 0 Å². The Morgan fingerprint density at radius 1 is 1.39 bits per heavy atom. The van der Waals surface area contributed by atoms with Crippen LogP contribution in [0, 0.1) is 6.92 Å². The average Bonchev–Trinajstić information content (AvgIpc) is 2.74. The number of rotatable bonds is 3. The van der Waals surface area contributed by atoms with Crippen molar-refractivity contribution in [1.82, 2.24) is 9.78 Å². The van der Waals surface area contributed by atoms with Crippen molar-refractivity contribution < 1.29 is 4.79 Å². The molecule has 1 amide bonds. The van der Waals surface area contributed by atoms with E-state index in [-0.39, 0.29) is 5.91 Å². The van der Waals surface area contributed by atoms with Crippen molar-refractivity contribution in [3.8, 4) is 0 Å². The van der Waals surface area contributed by atoms with E-state index in [1.165, 1.54) is 0 Å². The predicted octanol–water partition coefficient (Wildman–Crippen LogP) is 1.27. The number of hydrogen-bond acceptors (Lipinski definition) is 4. The summed E-state index contributed by atoms with van der Waals surface area (Å²) in [6, 6.07) is 7.04. The maximum atomic E-state index is 12.1. The molecule has 4 N–H and O–H groups in total. The molecule has 0 fully saturated rings. The second kappa shape index (κ2) is 4.89. The van der Waals surface area contributed by atoms with E-state index < -0.39 is 0 Å². The summed E-state index contributed by atoms with van der Waals surface area (Å²) < 4.78 is 1.60. The Balaban J connectivity index is 2.22. The number of amides is 1. The number of hydrazine groups is 1. The minimum absolute atomic E-state index is 0.167. The highest BCUT2D eigenvalue weighted by atomic mass is 16.1. The summed E-state index contributed by atoms with van der Waals surface area (Å²) in [7, 11) is 1.77. The molecule has 1 aromatic heterocycles. The number of carbonyl (C=O) groups excluding carboxylic acids is 1. The summed E-state index contributed by atoms with van der Waals surface area (Å²) in [5.41, 5.74) is 4.77. The number of nitrogens with zero attached hydrogens (tertiary/aromatic N) is 2. The zero-order chi connectivity index (χ0) is 13.1. The van der Waals surface area contributed by atoms with Gasteiger partial charge < -0.3 is 10.7 Å². The molecule has 6 nitrogen and oxygen atoms in total. The molecule has 6 heteroatoms. The van der Waals surface area contributed by atoms with Gasteiger partial charge in [-0.2, -0.15) is 5.10 Å². The highest BCUT2D eigenvalue weighted by molar-refractivity contribution is 6.05. The quantitative estimate of drug-likeness (QED) is 0.561. The molecular weight excluding hydrogens is 230 g/mol. The third-order valence-electron chi connectivity index (χ3n) is 2.70. The van der Waals surface area contributed by atoms with Crippen LogP contribution < -0.4 is 16.6 Å². The Kier molecular flexibility index (Phi) is 3.29. The number of benzene rings is 1. The van der Waals surface area contributed by atoms with Crippen LogP contribution in [0.3, 0.4) is 0 Å². The van der Waals surface area contributed by atoms with Gasteiger partial charge in [0.05, 0.1) is 6.20 Å². The lowest BCUT2D eigenvalue weighted by molar-refractivity contribution is 0.102. The summed E-state index contributed by atoms with van der Waals surface area (Å²) in [6.07, 6.45) is 1.63. The standard InChI is InChI=1S/C12H15N5O/c1-8-7-9(16-13)3-4-10(8)12(18)15-11-5-6-14-17(11)2/h3-7,16H,13H2,1-2H3,(H,15,18). The molecule has 0 radical (unpaired) electrons. The van der Waals surface area contributed by atoms with Gasteiger partial charge in [-0.05, 0) is 30.7 Å². The van der Waals surface area contributed by atoms with E-state index in [4.69, 9.17) is 5.84 Å². The van der Waals surface area contributed by atoms with Crippen molar-refractivity contribution in [3.63, 3.8) is 0 Å². The summed E-state index contributed by atoms with van der Waals surface area (Å²) in [5.74, 6) is 5.80. The Morgan fingerprint density at radius 2 is 2.17 bits per heavy atom. The molecule has 0 unspecified atom stereocenters. The van der Waals surface area contributed by atoms with Gasteiger partial charge in [0, 0.05) is 24.4 Å². The molecule has 1 heterocycles. The van der Waals surface area contributed by atoms with Gasteiger partial charge in [0.25, 0.3) is 5.91 Å². The van der Waals surface area contributed by atoms with Crippen LogP contribution in [0.15, 0.2) is 30.5 Å². The van der Waals surface area contributed by atoms with Gasteiger partial charge in [-0.1, -0.05) is 0 Å². The van der Waals surface area contributed by atoms with Gasteiger partial charge in [-0.15, -0.1) is 0 Å². The minimum atomic E-state index is -0.167. The van der Waals surface area contributed by atoms with Crippen LogP contribution in [0.2, 0.25) is 0 Å². The lowest BCUT2D eigenvalue weighted by Gasteiger charge is -2.09. The SMILES string of the molecule is Cc1cc(NN)ccc1C(=O)Nc1ccnn1C. The first kappa shape index (κ1) is 12.1. The molecule has 0 aliphatic rings. The zero-order valence-corrected chi connectivity index (χ0v) is 10.3. The highest BCUT2D eigenvalue weighted by Crippen LogP contribution is 2.16. The van der Waals surface area contributed by atoms with Gasteiger partial charge in [-0.3, -0.25) is 15.3 Å². The van der Waals surface area contributed by atoms with Crippen LogP contribution in [0.25, 0.3) is 0 Å². The smallest absolute Gasteiger partial charge is 0.257 e. The monoisotopic (exact) mass is 245 g/mol. The Labute approximate surface area is 105 Å².